The van der Waals surface area contributed by atoms with E-state index in [0.29, 0.717) is 43.6 Å². The fraction of sp³-hybridized carbons (Fsp3) is 0.500. The zero-order valence-electron chi connectivity index (χ0n) is 22.5. The minimum atomic E-state index is -6.53. The molecule has 2 atom stereocenters. The zero-order chi connectivity index (χ0) is 32.0. The molecular weight excluding hydrogens is 602 g/mol. The Morgan fingerprint density at radius 1 is 0.860 bits per heavy atom. The normalized spacial score (nSPS) is 22.5. The van der Waals surface area contributed by atoms with Gasteiger partial charge in [0, 0.05) is 35.9 Å². The topological polar surface area (TPSA) is 58.6 Å². The molecule has 0 radical (unpaired) electrons. The lowest BCUT2D eigenvalue weighted by Gasteiger charge is -2.37. The van der Waals surface area contributed by atoms with Gasteiger partial charge in [0.05, 0.1) is 0 Å². The van der Waals surface area contributed by atoms with Crippen molar-refractivity contribution in [2.45, 2.75) is 55.2 Å². The predicted octanol–water partition coefficient (Wildman–Crippen LogP) is 6.13. The van der Waals surface area contributed by atoms with Crippen LogP contribution in [0.15, 0.2) is 48.5 Å². The Kier molecular flexibility index (Phi) is 8.55. The number of piperidine rings is 1. The lowest BCUT2D eigenvalue weighted by molar-refractivity contribution is -0.382. The molecule has 0 bridgehead atoms. The molecule has 43 heavy (non-hydrogen) atoms. The Morgan fingerprint density at radius 3 is 1.88 bits per heavy atom. The van der Waals surface area contributed by atoms with Gasteiger partial charge >= 0.3 is 30.1 Å². The number of nitrogens with zero attached hydrogens (tertiary/aromatic N) is 1. The molecule has 2 aromatic carbocycles. The number of carbonyl (C=O) groups excluding carboxylic acids is 2. The van der Waals surface area contributed by atoms with E-state index in [1.165, 1.54) is 24.3 Å². The monoisotopic (exact) mass is 628 g/mol. The van der Waals surface area contributed by atoms with Gasteiger partial charge in [-0.05, 0) is 49.2 Å². The van der Waals surface area contributed by atoms with Crippen LogP contribution in [0.25, 0.3) is 0 Å². The van der Waals surface area contributed by atoms with Crippen molar-refractivity contribution in [1.82, 2.24) is 10.2 Å². The van der Waals surface area contributed by atoms with Crippen molar-refractivity contribution in [2.75, 3.05) is 26.2 Å². The minimum Gasteiger partial charge on any atom is -0.428 e. The number of likely N-dealkylation sites (tertiary alicyclic amines) is 1. The molecule has 4 rings (SSSR count). The van der Waals surface area contributed by atoms with Crippen molar-refractivity contribution < 1.29 is 58.2 Å². The van der Waals surface area contributed by atoms with E-state index < -0.39 is 52.8 Å². The Hall–Kier alpha value is -3.36. The van der Waals surface area contributed by atoms with Crippen LogP contribution in [0.3, 0.4) is 0 Å². The summed E-state index contributed by atoms with van der Waals surface area (Å²) in [6.07, 6.45) is -18.1. The molecule has 0 aliphatic carbocycles. The highest BCUT2D eigenvalue weighted by Gasteiger charge is 2.76. The Balaban J connectivity index is 1.77. The molecular formula is C28H26F10N2O3. The summed E-state index contributed by atoms with van der Waals surface area (Å²) >= 11 is 0. The summed E-state index contributed by atoms with van der Waals surface area (Å²) in [6.45, 7) is 3.07. The largest absolute Gasteiger partial charge is 0.490 e. The van der Waals surface area contributed by atoms with Crippen molar-refractivity contribution in [2.24, 2.45) is 5.92 Å². The van der Waals surface area contributed by atoms with Gasteiger partial charge in [-0.1, -0.05) is 43.3 Å². The number of carbonyl (C=O) groups is 2. The number of benzene rings is 2. The maximum atomic E-state index is 14.0. The predicted molar refractivity (Wildman–Crippen MR) is 131 cm³/mol. The maximum absolute atomic E-state index is 14.0. The molecule has 0 aromatic heterocycles. The van der Waals surface area contributed by atoms with Crippen LogP contribution in [0.2, 0.25) is 0 Å². The summed E-state index contributed by atoms with van der Waals surface area (Å²) in [7, 11) is 0. The summed E-state index contributed by atoms with van der Waals surface area (Å²) in [6, 6.07) is 7.63. The number of rotatable bonds is 5. The number of amides is 1. The van der Waals surface area contributed by atoms with Crippen LogP contribution in [0.1, 0.15) is 42.4 Å². The van der Waals surface area contributed by atoms with E-state index >= 15 is 0 Å². The smallest absolute Gasteiger partial charge is 0.428 e. The minimum absolute atomic E-state index is 0.0166. The summed E-state index contributed by atoms with van der Waals surface area (Å²) in [5.41, 5.74) is -7.68. The van der Waals surface area contributed by atoms with Gasteiger partial charge in [0.1, 0.15) is 5.82 Å². The van der Waals surface area contributed by atoms with Gasteiger partial charge in [-0.2, -0.15) is 39.5 Å². The summed E-state index contributed by atoms with van der Waals surface area (Å²) in [4.78, 5) is 26.2. The molecule has 2 heterocycles. The Bertz CT molecular complexity index is 1300. The molecule has 0 unspecified atom stereocenters. The average Bonchev–Trinajstić information content (AvgIpc) is 3.28. The molecule has 5 nitrogen and oxygen atoms in total. The fourth-order valence-corrected chi connectivity index (χ4v) is 5.89. The number of nitrogens with one attached hydrogen (secondary N) is 1. The van der Waals surface area contributed by atoms with Crippen LogP contribution in [-0.2, 0) is 25.3 Å². The molecule has 15 heteroatoms. The third-order valence-electron chi connectivity index (χ3n) is 8.19. The lowest BCUT2D eigenvalue weighted by Crippen LogP contribution is -2.58. The molecule has 2 aromatic rings. The van der Waals surface area contributed by atoms with Crippen LogP contribution in [0.5, 0.6) is 0 Å². The summed E-state index contributed by atoms with van der Waals surface area (Å²) in [5.74, 6) is -5.43. The number of hydrogen-bond donors (Lipinski definition) is 1. The van der Waals surface area contributed by atoms with Crippen LogP contribution in [-0.4, -0.2) is 61.5 Å². The Labute approximate surface area is 239 Å². The molecule has 0 saturated carbocycles. The molecule has 2 fully saturated rings. The molecule has 2 aliphatic rings. The lowest BCUT2D eigenvalue weighted by atomic mass is 9.71. The number of ether oxygens (including phenoxy) is 1. The second kappa shape index (κ2) is 11.3. The van der Waals surface area contributed by atoms with Gasteiger partial charge in [-0.15, -0.1) is 0 Å². The van der Waals surface area contributed by atoms with Crippen molar-refractivity contribution >= 4 is 11.9 Å². The fourth-order valence-electron chi connectivity index (χ4n) is 5.89. The van der Waals surface area contributed by atoms with Crippen molar-refractivity contribution in [3.05, 3.63) is 71.0 Å². The molecule has 2 saturated heterocycles. The van der Waals surface area contributed by atoms with Gasteiger partial charge in [-0.3, -0.25) is 4.79 Å². The second-order valence-corrected chi connectivity index (χ2v) is 10.9. The van der Waals surface area contributed by atoms with E-state index in [1.807, 2.05) is 0 Å². The highest BCUT2D eigenvalue weighted by atomic mass is 19.4. The summed E-state index contributed by atoms with van der Waals surface area (Å²) < 4.78 is 139. The molecule has 0 spiro atoms. The van der Waals surface area contributed by atoms with Gasteiger partial charge in [0.15, 0.2) is 0 Å². The van der Waals surface area contributed by atoms with E-state index in [9.17, 15) is 53.5 Å². The number of esters is 1. The second-order valence-electron chi connectivity index (χ2n) is 10.9. The van der Waals surface area contributed by atoms with Crippen LogP contribution in [0, 0.1) is 11.7 Å². The first-order chi connectivity index (χ1) is 19.8. The molecule has 236 valence electrons. The van der Waals surface area contributed by atoms with E-state index in [4.69, 9.17) is 0 Å². The van der Waals surface area contributed by atoms with E-state index in [0.717, 1.165) is 12.1 Å². The molecule has 2 aliphatic heterocycles. The third kappa shape index (κ3) is 6.04. The number of alkyl halides is 9. The highest BCUT2D eigenvalue weighted by Crippen LogP contribution is 2.54. The average molecular weight is 629 g/mol. The van der Waals surface area contributed by atoms with E-state index in [-0.39, 0.29) is 30.5 Å². The first-order valence-electron chi connectivity index (χ1n) is 13.1. The molecule has 1 N–H and O–H groups in total. The Morgan fingerprint density at radius 2 is 1.40 bits per heavy atom. The third-order valence-corrected chi connectivity index (χ3v) is 8.19. The quantitative estimate of drug-likeness (QED) is 0.320. The standard InChI is InChI=1S/C28H26F10N2O3/c1-24(18-6-8-20(29)9-7-18)15-40(22(41)17-10-12-39-13-11-17)14-21(24)16-2-4-19(5-3-16)25(27(33,34)35,28(36,37)38)43-23(42)26(30,31)32/h2-9,17,21,39H,10-15H2,1H3/t21-,24+/m0/s1. The van der Waals surface area contributed by atoms with Crippen molar-refractivity contribution in [3.8, 4) is 0 Å². The van der Waals surface area contributed by atoms with Gasteiger partial charge in [0.25, 0.3) is 0 Å². The van der Waals surface area contributed by atoms with E-state index in [2.05, 4.69) is 10.1 Å². The zero-order valence-corrected chi connectivity index (χ0v) is 22.5. The first-order valence-corrected chi connectivity index (χ1v) is 13.1. The first kappa shape index (κ1) is 32.6. The van der Waals surface area contributed by atoms with Crippen LogP contribution >= 0.6 is 0 Å². The van der Waals surface area contributed by atoms with E-state index in [1.54, 1.807) is 11.8 Å². The van der Waals surface area contributed by atoms with Gasteiger partial charge in [0.2, 0.25) is 5.91 Å². The van der Waals surface area contributed by atoms with Crippen molar-refractivity contribution in [3.63, 3.8) is 0 Å². The maximum Gasteiger partial charge on any atom is 0.490 e. The SMILES string of the molecule is C[C@]1(c2ccc(F)cc2)CN(C(=O)C2CCNCC2)C[C@H]1c1ccc(C(OC(=O)C(F)(F)F)(C(F)(F)F)C(F)(F)F)cc1. The summed E-state index contributed by atoms with van der Waals surface area (Å²) in [5, 5.41) is 3.14. The van der Waals surface area contributed by atoms with Gasteiger partial charge in [-0.25, -0.2) is 9.18 Å². The van der Waals surface area contributed by atoms with Crippen molar-refractivity contribution in [1.29, 1.82) is 0 Å². The number of hydrogen-bond acceptors (Lipinski definition) is 4. The number of halogens is 10. The van der Waals surface area contributed by atoms with Crippen LogP contribution < -0.4 is 5.32 Å². The van der Waals surface area contributed by atoms with Gasteiger partial charge < -0.3 is 15.0 Å². The molecule has 1 amide bonds. The van der Waals surface area contributed by atoms with Crippen LogP contribution in [0.4, 0.5) is 43.9 Å². The highest BCUT2D eigenvalue weighted by molar-refractivity contribution is 5.80.